The van der Waals surface area contributed by atoms with Gasteiger partial charge in [-0.2, -0.15) is 9.53 Å². The van der Waals surface area contributed by atoms with E-state index in [1.807, 2.05) is 0 Å². The molecule has 0 saturated carbocycles. The second-order valence-electron chi connectivity index (χ2n) is 11.1. The number of rotatable bonds is 14. The maximum atomic E-state index is 5.11. The monoisotopic (exact) mass is 502 g/mol. The summed E-state index contributed by atoms with van der Waals surface area (Å²) in [6, 6.07) is 6.46. The summed E-state index contributed by atoms with van der Waals surface area (Å²) in [5.74, 6) is 0. The van der Waals surface area contributed by atoms with Crippen LogP contribution in [0.1, 0.15) is 111 Å². The Kier molecular flexibility index (Phi) is 15.3. The fraction of sp³-hybridized carbons (Fsp3) is 0.960. The van der Waals surface area contributed by atoms with E-state index >= 15 is 0 Å². The summed E-state index contributed by atoms with van der Waals surface area (Å²) < 4.78 is 20.4. The van der Waals surface area contributed by atoms with Crippen molar-refractivity contribution in [3.8, 4) is 0 Å². The van der Waals surface area contributed by atoms with E-state index in [2.05, 4.69) is 135 Å². The fourth-order valence-electron chi connectivity index (χ4n) is 4.58. The van der Waals surface area contributed by atoms with E-state index in [1.165, 1.54) is 0 Å². The number of hydrogen-bond acceptors (Lipinski definition) is 6. The van der Waals surface area contributed by atoms with Crippen molar-refractivity contribution in [1.29, 1.82) is 0 Å². The Morgan fingerprint density at radius 2 is 0.515 bits per heavy atom. The van der Waals surface area contributed by atoms with Crippen molar-refractivity contribution in [3.63, 3.8) is 0 Å². The topological polar surface area (TPSA) is 37.7 Å². The molecule has 0 spiro atoms. The van der Waals surface area contributed by atoms with Crippen LogP contribution in [0.2, 0.25) is 0 Å². The minimum Gasteiger partial charge on any atom is -0.246 e. The van der Waals surface area contributed by atoms with Crippen LogP contribution in [0.4, 0.5) is 0 Å². The SMILES string of the molecule is CC(C)N(C(C)C)P(N=C=NP(N(C(C)C)C(C)C)N(C(C)C)C(C)C)N(C(C)C)C(C)C. The standard InChI is InChI=1S/C25H56N6P2/c1-18(2)28(19(3)4)32(29(20(5)6)21(7)8)26-17-27-33(30(22(9)10)23(11)12)31(24(13)14)25(15)16/h18-25H,1-16H3. The van der Waals surface area contributed by atoms with Gasteiger partial charge in [0.25, 0.3) is 0 Å². The molecule has 8 heteroatoms. The zero-order valence-corrected chi connectivity index (χ0v) is 26.5. The minimum absolute atomic E-state index is 0.397. The maximum absolute atomic E-state index is 5.11. The van der Waals surface area contributed by atoms with Crippen molar-refractivity contribution in [1.82, 2.24) is 18.7 Å². The quantitative estimate of drug-likeness (QED) is 0.178. The van der Waals surface area contributed by atoms with Crippen molar-refractivity contribution < 1.29 is 0 Å². The Hall–Kier alpha value is 0.0800. The molecule has 0 aliphatic rings. The van der Waals surface area contributed by atoms with E-state index in [-0.39, 0.29) is 0 Å². The average Bonchev–Trinajstić information content (AvgIpc) is 2.58. The molecule has 0 aromatic rings. The van der Waals surface area contributed by atoms with Crippen LogP contribution in [0, 0.1) is 0 Å². The van der Waals surface area contributed by atoms with Gasteiger partial charge in [0.15, 0.2) is 16.7 Å². The molecule has 0 fully saturated rings. The molecule has 0 aromatic carbocycles. The Morgan fingerprint density at radius 1 is 0.364 bits per heavy atom. The van der Waals surface area contributed by atoms with Crippen molar-refractivity contribution >= 4 is 22.8 Å². The van der Waals surface area contributed by atoms with E-state index in [0.29, 0.717) is 48.3 Å². The molecule has 0 rings (SSSR count). The maximum Gasteiger partial charge on any atom is 0.181 e. The third kappa shape index (κ3) is 9.92. The van der Waals surface area contributed by atoms with Crippen LogP contribution in [0.5, 0.6) is 0 Å². The first-order valence-electron chi connectivity index (χ1n) is 13.0. The molecule has 0 unspecified atom stereocenters. The highest BCUT2D eigenvalue weighted by Gasteiger charge is 2.35. The van der Waals surface area contributed by atoms with Crippen molar-refractivity contribution in [2.75, 3.05) is 0 Å². The lowest BCUT2D eigenvalue weighted by Crippen LogP contribution is -2.42. The van der Waals surface area contributed by atoms with E-state index in [0.717, 1.165) is 0 Å². The molecular weight excluding hydrogens is 446 g/mol. The van der Waals surface area contributed by atoms with Gasteiger partial charge in [-0.3, -0.25) is 0 Å². The van der Waals surface area contributed by atoms with Gasteiger partial charge in [0.1, 0.15) is 6.01 Å². The van der Waals surface area contributed by atoms with E-state index in [4.69, 9.17) is 9.53 Å². The highest BCUT2D eigenvalue weighted by molar-refractivity contribution is 7.52. The first-order valence-corrected chi connectivity index (χ1v) is 15.4. The fourth-order valence-corrected chi connectivity index (χ4v) is 9.10. The molecule has 196 valence electrons. The lowest BCUT2D eigenvalue weighted by molar-refractivity contribution is 0.256. The van der Waals surface area contributed by atoms with Gasteiger partial charge < -0.3 is 0 Å². The summed E-state index contributed by atoms with van der Waals surface area (Å²) in [4.78, 5) is 0. The lowest BCUT2D eigenvalue weighted by atomic mass is 10.3. The van der Waals surface area contributed by atoms with Gasteiger partial charge in [0.05, 0.1) is 0 Å². The predicted molar refractivity (Wildman–Crippen MR) is 152 cm³/mol. The van der Waals surface area contributed by atoms with E-state index in [9.17, 15) is 0 Å². The molecule has 0 aliphatic heterocycles. The number of nitrogens with zero attached hydrogens (tertiary/aromatic N) is 6. The zero-order valence-electron chi connectivity index (χ0n) is 24.7. The molecule has 0 amide bonds. The molecule has 0 bridgehead atoms. The molecule has 6 nitrogen and oxygen atoms in total. The summed E-state index contributed by atoms with van der Waals surface area (Å²) in [6.45, 7) is 36.3. The van der Waals surface area contributed by atoms with Crippen LogP contribution in [-0.2, 0) is 0 Å². The van der Waals surface area contributed by atoms with Gasteiger partial charge in [0, 0.05) is 48.3 Å². The Balaban J connectivity index is 6.71. The van der Waals surface area contributed by atoms with Crippen molar-refractivity contribution in [2.45, 2.75) is 159 Å². The van der Waals surface area contributed by atoms with Crippen LogP contribution in [-0.4, -0.2) is 73.0 Å². The van der Waals surface area contributed by atoms with Crippen molar-refractivity contribution in [3.05, 3.63) is 0 Å². The number of hydrogen-bond donors (Lipinski definition) is 0. The van der Waals surface area contributed by atoms with Gasteiger partial charge in [-0.15, -0.1) is 0 Å². The average molecular weight is 503 g/mol. The summed E-state index contributed by atoms with van der Waals surface area (Å²) >= 11 is 0. The third-order valence-electron chi connectivity index (χ3n) is 5.33. The van der Waals surface area contributed by atoms with Crippen LogP contribution in [0.3, 0.4) is 0 Å². The lowest BCUT2D eigenvalue weighted by Gasteiger charge is -2.44. The van der Waals surface area contributed by atoms with Gasteiger partial charge >= 0.3 is 0 Å². The molecule has 0 N–H and O–H groups in total. The molecule has 0 radical (unpaired) electrons. The minimum atomic E-state index is -0.916. The Bertz CT molecular complexity index is 478. The highest BCUT2D eigenvalue weighted by atomic mass is 31.2. The van der Waals surface area contributed by atoms with Crippen LogP contribution >= 0.6 is 16.7 Å². The third-order valence-corrected chi connectivity index (χ3v) is 11.2. The molecule has 0 heterocycles. The van der Waals surface area contributed by atoms with Gasteiger partial charge in [-0.1, -0.05) is 0 Å². The first kappa shape index (κ1) is 33.1. The molecule has 0 atom stereocenters. The molecule has 33 heavy (non-hydrogen) atoms. The van der Waals surface area contributed by atoms with E-state index < -0.39 is 16.7 Å². The predicted octanol–water partition coefficient (Wildman–Crippen LogP) is 8.09. The highest BCUT2D eigenvalue weighted by Crippen LogP contribution is 2.53. The Labute approximate surface area is 210 Å². The molecular formula is C25H56N6P2. The zero-order chi connectivity index (χ0) is 26.2. The summed E-state index contributed by atoms with van der Waals surface area (Å²) in [5.41, 5.74) is 0. The van der Waals surface area contributed by atoms with E-state index in [1.54, 1.807) is 0 Å². The smallest absolute Gasteiger partial charge is 0.181 e. The summed E-state index contributed by atoms with van der Waals surface area (Å²) in [7, 11) is -1.83. The van der Waals surface area contributed by atoms with Gasteiger partial charge in [-0.25, -0.2) is 18.7 Å². The Morgan fingerprint density at radius 3 is 0.636 bits per heavy atom. The van der Waals surface area contributed by atoms with Gasteiger partial charge in [-0.05, 0) is 111 Å². The molecule has 0 aliphatic carbocycles. The van der Waals surface area contributed by atoms with Crippen molar-refractivity contribution in [2.24, 2.45) is 9.53 Å². The van der Waals surface area contributed by atoms with Crippen LogP contribution in [0.25, 0.3) is 0 Å². The summed E-state index contributed by atoms with van der Waals surface area (Å²) in [6.07, 6.45) is 0. The largest absolute Gasteiger partial charge is 0.246 e. The van der Waals surface area contributed by atoms with Crippen LogP contribution < -0.4 is 0 Å². The van der Waals surface area contributed by atoms with Gasteiger partial charge in [0.2, 0.25) is 0 Å². The normalized spacial score (nSPS) is 13.5. The summed E-state index contributed by atoms with van der Waals surface area (Å²) in [5, 5.41) is 0. The molecule has 0 aromatic heterocycles. The second kappa shape index (κ2) is 15.2. The molecule has 0 saturated heterocycles. The van der Waals surface area contributed by atoms with Crippen LogP contribution in [0.15, 0.2) is 9.53 Å². The first-order chi connectivity index (χ1) is 15.1. The second-order valence-corrected chi connectivity index (χ2v) is 14.4.